The Morgan fingerprint density at radius 3 is 2.91 bits per heavy atom. The number of thioether (sulfide) groups is 1. The fourth-order valence-corrected chi connectivity index (χ4v) is 2.71. The van der Waals surface area contributed by atoms with E-state index >= 15 is 0 Å². The number of aliphatic hydroxyl groups is 1. The number of nitrogens with one attached hydrogen (secondary N) is 1. The predicted octanol–water partition coefficient (Wildman–Crippen LogP) is 1.58. The summed E-state index contributed by atoms with van der Waals surface area (Å²) in [4.78, 5) is 11.9. The van der Waals surface area contributed by atoms with E-state index in [1.807, 2.05) is 30.5 Å². The van der Waals surface area contributed by atoms with Gasteiger partial charge in [0, 0.05) is 18.6 Å². The number of hydrogen-bond acceptors (Lipinski definition) is 5. The lowest BCUT2D eigenvalue weighted by Gasteiger charge is -2.32. The molecule has 0 aromatic heterocycles. The summed E-state index contributed by atoms with van der Waals surface area (Å²) in [6, 6.07) is 7.23. The van der Waals surface area contributed by atoms with Crippen molar-refractivity contribution in [3.63, 3.8) is 0 Å². The van der Waals surface area contributed by atoms with Crippen molar-refractivity contribution < 1.29 is 19.4 Å². The van der Waals surface area contributed by atoms with Gasteiger partial charge in [-0.25, -0.2) is 0 Å². The van der Waals surface area contributed by atoms with Gasteiger partial charge in [0.25, 0.3) is 0 Å². The zero-order valence-electron chi connectivity index (χ0n) is 12.8. The standard InChI is InChI=1S/C16H23NO4S/c1-22-9-7-16(19)17-14-11-20-8-6-15(14)21-13-4-2-12(10-18)3-5-13/h2-5,14-15,18H,6-11H2,1H3,(H,17,19)/t14-,15-/m1/s1. The first-order valence-electron chi connectivity index (χ1n) is 7.45. The molecule has 6 heteroatoms. The normalized spacial score (nSPS) is 21.4. The van der Waals surface area contributed by atoms with Crippen LogP contribution in [0.2, 0.25) is 0 Å². The maximum atomic E-state index is 11.9. The van der Waals surface area contributed by atoms with Gasteiger partial charge in [-0.2, -0.15) is 11.8 Å². The molecule has 5 nitrogen and oxygen atoms in total. The highest BCUT2D eigenvalue weighted by Gasteiger charge is 2.28. The lowest BCUT2D eigenvalue weighted by molar-refractivity contribution is -0.123. The number of carbonyl (C=O) groups is 1. The third kappa shape index (κ3) is 5.19. The SMILES string of the molecule is CSCCC(=O)N[C@@H]1COCC[C@H]1Oc1ccc(CO)cc1. The molecule has 22 heavy (non-hydrogen) atoms. The Morgan fingerprint density at radius 1 is 1.45 bits per heavy atom. The summed E-state index contributed by atoms with van der Waals surface area (Å²) in [7, 11) is 0. The van der Waals surface area contributed by atoms with Gasteiger partial charge < -0.3 is 19.9 Å². The minimum Gasteiger partial charge on any atom is -0.488 e. The van der Waals surface area contributed by atoms with Gasteiger partial charge in [-0.05, 0) is 24.0 Å². The molecule has 2 rings (SSSR count). The largest absolute Gasteiger partial charge is 0.488 e. The van der Waals surface area contributed by atoms with Crippen molar-refractivity contribution in [3.8, 4) is 5.75 Å². The second-order valence-electron chi connectivity index (χ2n) is 5.24. The monoisotopic (exact) mass is 325 g/mol. The zero-order valence-corrected chi connectivity index (χ0v) is 13.6. The number of amides is 1. The van der Waals surface area contributed by atoms with Crippen molar-refractivity contribution in [3.05, 3.63) is 29.8 Å². The molecule has 1 saturated heterocycles. The molecule has 2 atom stereocenters. The molecular weight excluding hydrogens is 302 g/mol. The van der Waals surface area contributed by atoms with Crippen molar-refractivity contribution >= 4 is 17.7 Å². The minimum atomic E-state index is -0.124. The van der Waals surface area contributed by atoms with Crippen molar-refractivity contribution in [2.45, 2.75) is 31.6 Å². The summed E-state index contributed by atoms with van der Waals surface area (Å²) in [5.41, 5.74) is 0.848. The second kappa shape index (κ2) is 9.02. The first kappa shape index (κ1) is 17.1. The van der Waals surface area contributed by atoms with Crippen LogP contribution in [0.5, 0.6) is 5.75 Å². The highest BCUT2D eigenvalue weighted by Crippen LogP contribution is 2.19. The molecule has 0 bridgehead atoms. The lowest BCUT2D eigenvalue weighted by atomic mass is 10.1. The highest BCUT2D eigenvalue weighted by molar-refractivity contribution is 7.98. The van der Waals surface area contributed by atoms with Gasteiger partial charge in [0.2, 0.25) is 5.91 Å². The van der Waals surface area contributed by atoms with E-state index in [-0.39, 0.29) is 24.7 Å². The average Bonchev–Trinajstić information content (AvgIpc) is 2.55. The molecule has 0 radical (unpaired) electrons. The summed E-state index contributed by atoms with van der Waals surface area (Å²) in [6.45, 7) is 1.13. The van der Waals surface area contributed by atoms with Crippen molar-refractivity contribution in [1.82, 2.24) is 5.32 Å². The van der Waals surface area contributed by atoms with Crippen LogP contribution in [0, 0.1) is 0 Å². The number of aliphatic hydroxyl groups excluding tert-OH is 1. The van der Waals surface area contributed by atoms with E-state index in [0.29, 0.717) is 19.6 Å². The highest BCUT2D eigenvalue weighted by atomic mass is 32.2. The molecule has 0 unspecified atom stereocenters. The van der Waals surface area contributed by atoms with Gasteiger partial charge in [0.15, 0.2) is 0 Å². The van der Waals surface area contributed by atoms with Crippen molar-refractivity contribution in [2.24, 2.45) is 0 Å². The van der Waals surface area contributed by atoms with Crippen molar-refractivity contribution in [1.29, 1.82) is 0 Å². The van der Waals surface area contributed by atoms with E-state index in [9.17, 15) is 4.79 Å². The summed E-state index contributed by atoms with van der Waals surface area (Å²) >= 11 is 1.66. The number of hydrogen-bond donors (Lipinski definition) is 2. The van der Waals surface area contributed by atoms with E-state index in [1.165, 1.54) is 0 Å². The summed E-state index contributed by atoms with van der Waals surface area (Å²) in [5.74, 6) is 1.59. The number of carbonyl (C=O) groups excluding carboxylic acids is 1. The van der Waals surface area contributed by atoms with E-state index < -0.39 is 0 Å². The van der Waals surface area contributed by atoms with E-state index in [1.54, 1.807) is 11.8 Å². The fourth-order valence-electron chi connectivity index (χ4n) is 2.32. The topological polar surface area (TPSA) is 67.8 Å². The minimum absolute atomic E-state index is 0.0195. The van der Waals surface area contributed by atoms with Gasteiger partial charge >= 0.3 is 0 Å². The molecule has 1 amide bonds. The van der Waals surface area contributed by atoms with Crippen LogP contribution in [0.1, 0.15) is 18.4 Å². The number of benzene rings is 1. The first-order valence-corrected chi connectivity index (χ1v) is 8.85. The molecule has 2 N–H and O–H groups in total. The molecule has 1 aromatic rings. The summed E-state index contributed by atoms with van der Waals surface area (Å²) in [6.07, 6.45) is 3.15. The third-order valence-corrected chi connectivity index (χ3v) is 4.18. The van der Waals surface area contributed by atoms with E-state index in [0.717, 1.165) is 23.5 Å². The Bertz CT molecular complexity index is 466. The number of ether oxygens (including phenoxy) is 2. The molecule has 0 saturated carbocycles. The molecule has 0 spiro atoms. The molecule has 122 valence electrons. The predicted molar refractivity (Wildman–Crippen MR) is 87.1 cm³/mol. The third-order valence-electron chi connectivity index (χ3n) is 3.57. The van der Waals surface area contributed by atoms with Crippen LogP contribution in [-0.4, -0.2) is 48.4 Å². The quantitative estimate of drug-likeness (QED) is 0.797. The van der Waals surface area contributed by atoms with E-state index in [4.69, 9.17) is 14.6 Å². The van der Waals surface area contributed by atoms with Gasteiger partial charge in [0.1, 0.15) is 11.9 Å². The van der Waals surface area contributed by atoms with Crippen LogP contribution in [0.3, 0.4) is 0 Å². The van der Waals surface area contributed by atoms with Gasteiger partial charge in [-0.15, -0.1) is 0 Å². The molecular formula is C16H23NO4S. The first-order chi connectivity index (χ1) is 10.7. The Labute approximate surface area is 135 Å². The van der Waals surface area contributed by atoms with Crippen LogP contribution in [0.4, 0.5) is 0 Å². The Morgan fingerprint density at radius 2 is 2.23 bits per heavy atom. The molecule has 1 aliphatic heterocycles. The Balaban J connectivity index is 1.92. The molecule has 1 aromatic carbocycles. The van der Waals surface area contributed by atoms with Crippen LogP contribution >= 0.6 is 11.8 Å². The van der Waals surface area contributed by atoms with Crippen LogP contribution in [0.25, 0.3) is 0 Å². The average molecular weight is 325 g/mol. The number of rotatable bonds is 7. The molecule has 1 heterocycles. The van der Waals surface area contributed by atoms with Crippen LogP contribution in [-0.2, 0) is 16.1 Å². The summed E-state index contributed by atoms with van der Waals surface area (Å²) < 4.78 is 11.5. The Hall–Kier alpha value is -1.24. The second-order valence-corrected chi connectivity index (χ2v) is 6.22. The maximum absolute atomic E-state index is 11.9. The lowest BCUT2D eigenvalue weighted by Crippen LogP contribution is -2.51. The van der Waals surface area contributed by atoms with E-state index in [2.05, 4.69) is 5.32 Å². The fraction of sp³-hybridized carbons (Fsp3) is 0.562. The van der Waals surface area contributed by atoms with Crippen molar-refractivity contribution in [2.75, 3.05) is 25.2 Å². The smallest absolute Gasteiger partial charge is 0.221 e. The Kier molecular flexibility index (Phi) is 7.02. The van der Waals surface area contributed by atoms with Crippen LogP contribution in [0.15, 0.2) is 24.3 Å². The van der Waals surface area contributed by atoms with Gasteiger partial charge in [0.05, 0.1) is 25.9 Å². The molecule has 1 fully saturated rings. The van der Waals surface area contributed by atoms with Gasteiger partial charge in [-0.1, -0.05) is 12.1 Å². The van der Waals surface area contributed by atoms with Crippen LogP contribution < -0.4 is 10.1 Å². The zero-order chi connectivity index (χ0) is 15.8. The summed E-state index contributed by atoms with van der Waals surface area (Å²) in [5, 5.41) is 12.1. The van der Waals surface area contributed by atoms with Gasteiger partial charge in [-0.3, -0.25) is 4.79 Å². The molecule has 1 aliphatic rings. The maximum Gasteiger partial charge on any atom is 0.221 e. The molecule has 0 aliphatic carbocycles.